The molecule has 1 aliphatic heterocycles. The predicted molar refractivity (Wildman–Crippen MR) is 51.0 cm³/mol. The lowest BCUT2D eigenvalue weighted by molar-refractivity contribution is -0.143. The molecule has 1 unspecified atom stereocenters. The van der Waals surface area contributed by atoms with Crippen molar-refractivity contribution in [2.75, 3.05) is 20.1 Å². The molecule has 80 valence electrons. The number of rotatable bonds is 2. The first-order chi connectivity index (χ1) is 6.43. The van der Waals surface area contributed by atoms with E-state index in [1.807, 2.05) is 13.8 Å². The van der Waals surface area contributed by atoms with Gasteiger partial charge < -0.3 is 14.9 Å². The second-order valence-electron chi connectivity index (χ2n) is 3.94. The first-order valence-corrected chi connectivity index (χ1v) is 4.68. The van der Waals surface area contributed by atoms with Crippen LogP contribution in [-0.2, 0) is 4.79 Å². The largest absolute Gasteiger partial charge is 0.481 e. The first kappa shape index (κ1) is 10.8. The maximum Gasteiger partial charge on any atom is 0.320 e. The van der Waals surface area contributed by atoms with E-state index in [0.717, 1.165) is 0 Å². The molecule has 0 aromatic rings. The molecule has 0 spiro atoms. The lowest BCUT2D eigenvalue weighted by Gasteiger charge is -2.38. The van der Waals surface area contributed by atoms with Crippen LogP contribution >= 0.6 is 0 Å². The zero-order valence-electron chi connectivity index (χ0n) is 8.73. The van der Waals surface area contributed by atoms with Crippen molar-refractivity contribution in [1.82, 2.24) is 9.80 Å². The number of carboxylic acid groups (broad SMARTS) is 1. The molecule has 2 amide bonds. The lowest BCUT2D eigenvalue weighted by Crippen LogP contribution is -2.55. The quantitative estimate of drug-likeness (QED) is 0.704. The number of carbonyl (C=O) groups excluding carboxylic acids is 1. The van der Waals surface area contributed by atoms with Crippen LogP contribution in [0.2, 0.25) is 0 Å². The fourth-order valence-electron chi connectivity index (χ4n) is 1.59. The molecule has 1 heterocycles. The summed E-state index contributed by atoms with van der Waals surface area (Å²) in [6, 6.07) is -0.0374. The van der Waals surface area contributed by atoms with Crippen LogP contribution in [0.15, 0.2) is 0 Å². The Morgan fingerprint density at radius 1 is 1.50 bits per heavy atom. The van der Waals surface area contributed by atoms with Crippen LogP contribution in [0.5, 0.6) is 0 Å². The molecule has 5 nitrogen and oxygen atoms in total. The van der Waals surface area contributed by atoms with Crippen LogP contribution in [0.3, 0.4) is 0 Å². The fraction of sp³-hybridized carbons (Fsp3) is 0.778. The van der Waals surface area contributed by atoms with E-state index in [0.29, 0.717) is 13.1 Å². The van der Waals surface area contributed by atoms with Crippen LogP contribution < -0.4 is 0 Å². The highest BCUT2D eigenvalue weighted by Crippen LogP contribution is 2.15. The Hall–Kier alpha value is -1.26. The average Bonchev–Trinajstić information content (AvgIpc) is 2.08. The summed E-state index contributed by atoms with van der Waals surface area (Å²) in [5.41, 5.74) is 0. The van der Waals surface area contributed by atoms with Gasteiger partial charge in [-0.3, -0.25) is 4.79 Å². The number of carbonyl (C=O) groups is 2. The lowest BCUT2D eigenvalue weighted by atomic mass is 10.1. The third-order valence-electron chi connectivity index (χ3n) is 2.46. The van der Waals surface area contributed by atoms with Crippen molar-refractivity contribution in [1.29, 1.82) is 0 Å². The molecule has 0 aromatic carbocycles. The molecule has 1 fully saturated rings. The third kappa shape index (κ3) is 1.97. The smallest absolute Gasteiger partial charge is 0.320 e. The van der Waals surface area contributed by atoms with Crippen molar-refractivity contribution < 1.29 is 14.7 Å². The summed E-state index contributed by atoms with van der Waals surface area (Å²) >= 11 is 0. The molecular weight excluding hydrogens is 184 g/mol. The SMILES string of the molecule is CC(C)N1CC(C(=O)O)CN(C)C1=O. The summed E-state index contributed by atoms with van der Waals surface area (Å²) in [5.74, 6) is -1.31. The third-order valence-corrected chi connectivity index (χ3v) is 2.46. The number of hydrogen-bond donors (Lipinski definition) is 1. The van der Waals surface area contributed by atoms with Gasteiger partial charge in [-0.05, 0) is 13.8 Å². The van der Waals surface area contributed by atoms with Crippen molar-refractivity contribution in [3.63, 3.8) is 0 Å². The molecule has 0 radical (unpaired) electrons. The normalized spacial score (nSPS) is 23.1. The van der Waals surface area contributed by atoms with Crippen LogP contribution in [0, 0.1) is 5.92 Å². The van der Waals surface area contributed by atoms with Crippen LogP contribution in [0.25, 0.3) is 0 Å². The molecule has 14 heavy (non-hydrogen) atoms. The Balaban J connectivity index is 2.76. The second kappa shape index (κ2) is 3.86. The average molecular weight is 200 g/mol. The summed E-state index contributed by atoms with van der Waals surface area (Å²) in [5, 5.41) is 8.88. The molecule has 1 aliphatic rings. The summed E-state index contributed by atoms with van der Waals surface area (Å²) in [6.07, 6.45) is 0. The molecule has 0 aromatic heterocycles. The first-order valence-electron chi connectivity index (χ1n) is 4.68. The molecule has 1 rings (SSSR count). The minimum absolute atomic E-state index is 0.0482. The van der Waals surface area contributed by atoms with Gasteiger partial charge in [-0.1, -0.05) is 0 Å². The number of urea groups is 1. The van der Waals surface area contributed by atoms with E-state index in [4.69, 9.17) is 5.11 Å². The zero-order valence-corrected chi connectivity index (χ0v) is 8.73. The fourth-order valence-corrected chi connectivity index (χ4v) is 1.59. The Kier molecular flexibility index (Phi) is 2.98. The molecule has 1 atom stereocenters. The Labute approximate surface area is 83.3 Å². The molecule has 1 saturated heterocycles. The van der Waals surface area contributed by atoms with Crippen molar-refractivity contribution >= 4 is 12.0 Å². The predicted octanol–water partition coefficient (Wildman–Crippen LogP) is 0.463. The standard InChI is InChI=1S/C9H16N2O3/c1-6(2)11-5-7(8(12)13)4-10(3)9(11)14/h6-7H,4-5H2,1-3H3,(H,12,13). The highest BCUT2D eigenvalue weighted by atomic mass is 16.4. The van der Waals surface area contributed by atoms with Gasteiger partial charge in [0, 0.05) is 26.2 Å². The molecule has 0 bridgehead atoms. The summed E-state index contributed by atoms with van der Waals surface area (Å²) in [6.45, 7) is 4.39. The molecule has 0 aliphatic carbocycles. The number of amides is 2. The van der Waals surface area contributed by atoms with Gasteiger partial charge in [-0.25, -0.2) is 4.79 Å². The summed E-state index contributed by atoms with van der Waals surface area (Å²) in [7, 11) is 1.63. The molecule has 0 saturated carbocycles. The topological polar surface area (TPSA) is 60.9 Å². The maximum atomic E-state index is 11.6. The highest BCUT2D eigenvalue weighted by Gasteiger charge is 2.34. The van der Waals surface area contributed by atoms with Crippen molar-refractivity contribution in [2.45, 2.75) is 19.9 Å². The second-order valence-corrected chi connectivity index (χ2v) is 3.94. The van der Waals surface area contributed by atoms with Gasteiger partial charge in [0.05, 0.1) is 5.92 Å². The molecule has 5 heteroatoms. The summed E-state index contributed by atoms with van der Waals surface area (Å²) in [4.78, 5) is 25.5. The Morgan fingerprint density at radius 2 is 2.07 bits per heavy atom. The van der Waals surface area contributed by atoms with Crippen molar-refractivity contribution in [3.05, 3.63) is 0 Å². The zero-order chi connectivity index (χ0) is 10.9. The van der Waals surface area contributed by atoms with E-state index >= 15 is 0 Å². The minimum Gasteiger partial charge on any atom is -0.481 e. The van der Waals surface area contributed by atoms with Gasteiger partial charge in [-0.2, -0.15) is 0 Å². The van der Waals surface area contributed by atoms with Gasteiger partial charge in [0.25, 0.3) is 0 Å². The Morgan fingerprint density at radius 3 is 2.50 bits per heavy atom. The van der Waals surface area contributed by atoms with Crippen LogP contribution in [0.4, 0.5) is 4.79 Å². The number of hydrogen-bond acceptors (Lipinski definition) is 2. The van der Waals surface area contributed by atoms with E-state index in [2.05, 4.69) is 0 Å². The monoisotopic (exact) mass is 200 g/mol. The number of nitrogens with zero attached hydrogens (tertiary/aromatic N) is 2. The van der Waals surface area contributed by atoms with Crippen LogP contribution in [0.1, 0.15) is 13.8 Å². The number of carboxylic acids is 1. The molecule has 1 N–H and O–H groups in total. The molecular formula is C9H16N2O3. The highest BCUT2D eigenvalue weighted by molar-refractivity contribution is 5.79. The van der Waals surface area contributed by atoms with Gasteiger partial charge in [0.1, 0.15) is 0 Å². The van der Waals surface area contributed by atoms with Crippen molar-refractivity contribution in [2.24, 2.45) is 5.92 Å². The van der Waals surface area contributed by atoms with Gasteiger partial charge in [0.15, 0.2) is 0 Å². The van der Waals surface area contributed by atoms with E-state index in [9.17, 15) is 9.59 Å². The maximum absolute atomic E-state index is 11.6. The summed E-state index contributed by atoms with van der Waals surface area (Å²) < 4.78 is 0. The van der Waals surface area contributed by atoms with E-state index in [1.165, 1.54) is 4.90 Å². The van der Waals surface area contributed by atoms with E-state index < -0.39 is 11.9 Å². The van der Waals surface area contributed by atoms with Crippen LogP contribution in [-0.4, -0.2) is 53.1 Å². The van der Waals surface area contributed by atoms with Crippen molar-refractivity contribution in [3.8, 4) is 0 Å². The van der Waals surface area contributed by atoms with Gasteiger partial charge in [-0.15, -0.1) is 0 Å². The van der Waals surface area contributed by atoms with Gasteiger partial charge in [0.2, 0.25) is 0 Å². The van der Waals surface area contributed by atoms with E-state index in [-0.39, 0.29) is 12.1 Å². The Bertz CT molecular complexity index is 252. The minimum atomic E-state index is -0.838. The number of aliphatic carboxylic acids is 1. The van der Waals surface area contributed by atoms with Gasteiger partial charge >= 0.3 is 12.0 Å². The van der Waals surface area contributed by atoms with E-state index in [1.54, 1.807) is 11.9 Å².